The highest BCUT2D eigenvalue weighted by atomic mass is 16.2. The lowest BCUT2D eigenvalue weighted by Crippen LogP contribution is -2.51. The molecule has 0 aromatic rings. The Hall–Kier alpha value is -0.890. The summed E-state index contributed by atoms with van der Waals surface area (Å²) in [7, 11) is 0. The van der Waals surface area contributed by atoms with Crippen LogP contribution in [0.2, 0.25) is 0 Å². The zero-order valence-electron chi connectivity index (χ0n) is 14.5. The summed E-state index contributed by atoms with van der Waals surface area (Å²) >= 11 is 0. The molecule has 0 radical (unpaired) electrons. The fraction of sp³-hybridized carbons (Fsp3) is 0.750. The van der Waals surface area contributed by atoms with Gasteiger partial charge in [0.2, 0.25) is 0 Å². The summed E-state index contributed by atoms with van der Waals surface area (Å²) in [6.07, 6.45) is 10.8. The van der Waals surface area contributed by atoms with E-state index in [9.17, 15) is 4.79 Å². The molecule has 2 aliphatic rings. The van der Waals surface area contributed by atoms with Crippen LogP contribution in [0.1, 0.15) is 65.7 Å². The third-order valence-electron chi connectivity index (χ3n) is 6.60. The number of hydrogen-bond donors (Lipinski definition) is 1. The minimum atomic E-state index is -0.151. The fourth-order valence-corrected chi connectivity index (χ4v) is 5.30. The van der Waals surface area contributed by atoms with E-state index < -0.39 is 0 Å². The molecule has 2 heteroatoms. The van der Waals surface area contributed by atoms with Crippen molar-refractivity contribution in [3.05, 3.63) is 23.8 Å². The molecule has 124 valence electrons. The molecule has 0 amide bonds. The molecule has 4 atom stereocenters. The van der Waals surface area contributed by atoms with E-state index in [1.807, 2.05) is 6.08 Å². The number of aldehydes is 1. The Morgan fingerprint density at radius 1 is 1.41 bits per heavy atom. The van der Waals surface area contributed by atoms with Gasteiger partial charge in [0.15, 0.2) is 0 Å². The lowest BCUT2D eigenvalue weighted by Gasteiger charge is -2.57. The van der Waals surface area contributed by atoms with E-state index in [4.69, 9.17) is 5.11 Å². The average Bonchev–Trinajstić information content (AvgIpc) is 2.46. The lowest BCUT2D eigenvalue weighted by atomic mass is 9.47. The highest BCUT2D eigenvalue weighted by Crippen LogP contribution is 2.61. The summed E-state index contributed by atoms with van der Waals surface area (Å²) in [5.41, 5.74) is 2.70. The molecular weight excluding hydrogens is 272 g/mol. The van der Waals surface area contributed by atoms with Crippen LogP contribution in [0.15, 0.2) is 23.8 Å². The second kappa shape index (κ2) is 6.70. The van der Waals surface area contributed by atoms with Gasteiger partial charge in [-0.15, -0.1) is 0 Å². The van der Waals surface area contributed by atoms with Gasteiger partial charge in [0, 0.05) is 5.41 Å². The molecule has 2 nitrogen and oxygen atoms in total. The number of carbonyl (C=O) groups is 1. The van der Waals surface area contributed by atoms with Gasteiger partial charge >= 0.3 is 0 Å². The molecule has 1 N–H and O–H groups in total. The molecule has 2 rings (SSSR count). The second-order valence-corrected chi connectivity index (χ2v) is 8.06. The molecule has 0 bridgehead atoms. The van der Waals surface area contributed by atoms with Crippen LogP contribution in [-0.4, -0.2) is 18.0 Å². The molecule has 0 saturated heterocycles. The standard InChI is InChI=1S/C20H32O2/c1-15(10-13-21)6-8-17-16(2)7-9-18-19(3,14-22)11-5-12-20(17,18)4/h10,14,17-18,21H,2,5-9,11-13H2,1,3-4H3/b15-10-/t17-,18+,19-,20-/m1/s1. The predicted molar refractivity (Wildman–Crippen MR) is 91.6 cm³/mol. The van der Waals surface area contributed by atoms with Crippen LogP contribution in [-0.2, 0) is 4.79 Å². The summed E-state index contributed by atoms with van der Waals surface area (Å²) in [4.78, 5) is 11.8. The Morgan fingerprint density at radius 2 is 2.14 bits per heavy atom. The zero-order valence-corrected chi connectivity index (χ0v) is 14.5. The monoisotopic (exact) mass is 304 g/mol. The first-order valence-corrected chi connectivity index (χ1v) is 8.78. The van der Waals surface area contributed by atoms with E-state index in [1.54, 1.807) is 0 Å². The first kappa shape index (κ1) is 17.5. The molecule has 0 aromatic carbocycles. The Labute approximate surface area is 135 Å². The largest absolute Gasteiger partial charge is 0.392 e. The summed E-state index contributed by atoms with van der Waals surface area (Å²) in [6, 6.07) is 0. The maximum Gasteiger partial charge on any atom is 0.126 e. The summed E-state index contributed by atoms with van der Waals surface area (Å²) < 4.78 is 0. The van der Waals surface area contributed by atoms with Crippen molar-refractivity contribution in [2.75, 3.05) is 6.61 Å². The summed E-state index contributed by atoms with van der Waals surface area (Å²) in [5.74, 6) is 0.997. The third kappa shape index (κ3) is 3.08. The second-order valence-electron chi connectivity index (χ2n) is 8.06. The quantitative estimate of drug-likeness (QED) is 0.591. The maximum atomic E-state index is 11.8. The van der Waals surface area contributed by atoms with Gasteiger partial charge in [0.25, 0.3) is 0 Å². The minimum Gasteiger partial charge on any atom is -0.392 e. The van der Waals surface area contributed by atoms with Crippen molar-refractivity contribution in [1.29, 1.82) is 0 Å². The van der Waals surface area contributed by atoms with Crippen molar-refractivity contribution in [3.8, 4) is 0 Å². The number of aliphatic hydroxyl groups excluding tert-OH is 1. The lowest BCUT2D eigenvalue weighted by molar-refractivity contribution is -0.130. The number of hydrogen-bond acceptors (Lipinski definition) is 2. The van der Waals surface area contributed by atoms with E-state index in [-0.39, 0.29) is 17.4 Å². The van der Waals surface area contributed by atoms with Crippen LogP contribution in [0.5, 0.6) is 0 Å². The van der Waals surface area contributed by atoms with Crippen molar-refractivity contribution in [2.24, 2.45) is 22.7 Å². The molecule has 2 fully saturated rings. The van der Waals surface area contributed by atoms with E-state index in [2.05, 4.69) is 27.4 Å². The Bertz CT molecular complexity index is 464. The number of fused-ring (bicyclic) bond motifs is 1. The Morgan fingerprint density at radius 3 is 2.77 bits per heavy atom. The smallest absolute Gasteiger partial charge is 0.126 e. The number of rotatable bonds is 5. The van der Waals surface area contributed by atoms with E-state index in [1.165, 1.54) is 23.9 Å². The minimum absolute atomic E-state index is 0.126. The first-order valence-electron chi connectivity index (χ1n) is 8.78. The van der Waals surface area contributed by atoms with Crippen LogP contribution in [0, 0.1) is 22.7 Å². The average molecular weight is 304 g/mol. The van der Waals surface area contributed by atoms with E-state index >= 15 is 0 Å². The highest BCUT2D eigenvalue weighted by Gasteiger charge is 2.54. The molecule has 0 spiro atoms. The van der Waals surface area contributed by atoms with E-state index in [0.29, 0.717) is 11.8 Å². The first-order chi connectivity index (χ1) is 10.4. The summed E-state index contributed by atoms with van der Waals surface area (Å²) in [6.45, 7) is 11.2. The van der Waals surface area contributed by atoms with Gasteiger partial charge in [-0.3, -0.25) is 0 Å². The van der Waals surface area contributed by atoms with Crippen LogP contribution >= 0.6 is 0 Å². The van der Waals surface area contributed by atoms with Crippen molar-refractivity contribution < 1.29 is 9.90 Å². The summed E-state index contributed by atoms with van der Waals surface area (Å²) in [5, 5.41) is 9.03. The molecule has 0 unspecified atom stereocenters. The van der Waals surface area contributed by atoms with Gasteiger partial charge in [0.05, 0.1) is 6.61 Å². The Kier molecular flexibility index (Phi) is 5.32. The number of carbonyl (C=O) groups excluding carboxylic acids is 1. The molecule has 0 heterocycles. The molecule has 22 heavy (non-hydrogen) atoms. The normalized spacial score (nSPS) is 39.5. The van der Waals surface area contributed by atoms with Crippen molar-refractivity contribution in [1.82, 2.24) is 0 Å². The van der Waals surface area contributed by atoms with Crippen LogP contribution in [0.4, 0.5) is 0 Å². The van der Waals surface area contributed by atoms with Gasteiger partial charge in [-0.1, -0.05) is 44.1 Å². The van der Waals surface area contributed by atoms with Crippen molar-refractivity contribution >= 4 is 6.29 Å². The van der Waals surface area contributed by atoms with Crippen LogP contribution in [0.25, 0.3) is 0 Å². The molecule has 2 aliphatic carbocycles. The fourth-order valence-electron chi connectivity index (χ4n) is 5.30. The van der Waals surface area contributed by atoms with Gasteiger partial charge in [0.1, 0.15) is 6.29 Å². The van der Waals surface area contributed by atoms with Crippen LogP contribution < -0.4 is 0 Å². The van der Waals surface area contributed by atoms with E-state index in [0.717, 1.165) is 38.5 Å². The molecule has 2 saturated carbocycles. The third-order valence-corrected chi connectivity index (χ3v) is 6.60. The topological polar surface area (TPSA) is 37.3 Å². The number of aliphatic hydroxyl groups is 1. The van der Waals surface area contributed by atoms with Crippen LogP contribution in [0.3, 0.4) is 0 Å². The maximum absolute atomic E-state index is 11.8. The SMILES string of the molecule is C=C1CC[C@@H]2[C@](C)(CCC[C@]2(C)C=O)[C@@H]1CC/C(C)=C\CO. The van der Waals surface area contributed by atoms with Gasteiger partial charge in [-0.2, -0.15) is 0 Å². The molecule has 0 aromatic heterocycles. The number of allylic oxidation sites excluding steroid dienone is 2. The van der Waals surface area contributed by atoms with Gasteiger partial charge in [-0.05, 0) is 62.7 Å². The van der Waals surface area contributed by atoms with Crippen molar-refractivity contribution in [2.45, 2.75) is 65.7 Å². The molecular formula is C20H32O2. The van der Waals surface area contributed by atoms with Gasteiger partial charge in [-0.25, -0.2) is 0 Å². The van der Waals surface area contributed by atoms with Crippen molar-refractivity contribution in [3.63, 3.8) is 0 Å². The molecule has 0 aliphatic heterocycles. The zero-order chi connectivity index (χ0) is 16.4. The van der Waals surface area contributed by atoms with Gasteiger partial charge < -0.3 is 9.90 Å². The highest BCUT2D eigenvalue weighted by molar-refractivity contribution is 5.60. The predicted octanol–water partition coefficient (Wildman–Crippen LogP) is 4.68. The Balaban J connectivity index is 2.22.